The molecule has 0 atom stereocenters. The minimum absolute atomic E-state index is 0.117. The summed E-state index contributed by atoms with van der Waals surface area (Å²) in [4.78, 5) is 62.3. The molecule has 3 aromatic carbocycles. The average Bonchev–Trinajstić information content (AvgIpc) is 3.26. The Morgan fingerprint density at radius 2 is 1.72 bits per heavy atom. The number of carbonyl (C=O) groups is 3. The fraction of sp³-hybridized carbons (Fsp3) is 0.179. The second kappa shape index (κ2) is 12.7. The fourth-order valence-electron chi connectivity index (χ4n) is 4.39. The number of ether oxygens (including phenoxy) is 2. The maximum atomic E-state index is 13.0. The second-order valence-electron chi connectivity index (χ2n) is 9.27. The van der Waals surface area contributed by atoms with Crippen molar-refractivity contribution >= 4 is 57.6 Å². The number of benzene rings is 3. The number of hydrogen-bond acceptors (Lipinski definition) is 11. The molecule has 2 aliphatic heterocycles. The Kier molecular flexibility index (Phi) is 8.64. The summed E-state index contributed by atoms with van der Waals surface area (Å²) in [5.41, 5.74) is 0.904. The summed E-state index contributed by atoms with van der Waals surface area (Å²) in [5, 5.41) is 24.5. The van der Waals surface area contributed by atoms with E-state index in [0.717, 1.165) is 28.8 Å². The van der Waals surface area contributed by atoms with E-state index in [1.807, 2.05) is 12.1 Å². The lowest BCUT2D eigenvalue weighted by molar-refractivity contribution is -0.394. The van der Waals surface area contributed by atoms with E-state index in [1.54, 1.807) is 24.3 Å². The number of anilines is 2. The van der Waals surface area contributed by atoms with E-state index in [2.05, 4.69) is 10.2 Å². The monoisotopic (exact) mass is 605 g/mol. The standard InChI is InChI=1S/C28H23N5O9S/c34-26(29-21-3-1-2-4-22(21)30-11-13-41-14-12-30)17-31-27(35)25(43-28(31)36)15-18-5-8-20(9-6-18)42-24-10-7-19(32(37)38)16-23(24)33(39)40/h1-10,15-16H,11-14,17H2,(H,29,34)/b25-15+. The lowest BCUT2D eigenvalue weighted by atomic mass is 10.2. The van der Waals surface area contributed by atoms with Crippen LogP contribution < -0.4 is 15.0 Å². The van der Waals surface area contributed by atoms with Gasteiger partial charge in [-0.25, -0.2) is 0 Å². The first-order chi connectivity index (χ1) is 20.7. The summed E-state index contributed by atoms with van der Waals surface area (Å²) in [7, 11) is 0. The lowest BCUT2D eigenvalue weighted by Crippen LogP contribution is -2.38. The van der Waals surface area contributed by atoms with Gasteiger partial charge in [0.25, 0.3) is 16.8 Å². The molecule has 220 valence electrons. The SMILES string of the molecule is O=C(CN1C(=O)S/C(=C/c2ccc(Oc3ccc([N+](=O)[O-])cc3[N+](=O)[O-])cc2)C1=O)Nc1ccccc1N1CCOCC1. The number of nitro groups is 2. The Bertz CT molecular complexity index is 1640. The minimum atomic E-state index is -0.782. The van der Waals surface area contributed by atoms with Gasteiger partial charge >= 0.3 is 5.69 Å². The third-order valence-electron chi connectivity index (χ3n) is 6.46. The summed E-state index contributed by atoms with van der Waals surface area (Å²) < 4.78 is 10.9. The Labute approximate surface area is 248 Å². The first-order valence-electron chi connectivity index (χ1n) is 12.9. The number of rotatable bonds is 9. The molecule has 0 aromatic heterocycles. The van der Waals surface area contributed by atoms with Crippen LogP contribution in [0.2, 0.25) is 0 Å². The van der Waals surface area contributed by atoms with E-state index in [-0.39, 0.29) is 16.4 Å². The van der Waals surface area contributed by atoms with Crippen molar-refractivity contribution in [2.24, 2.45) is 0 Å². The summed E-state index contributed by atoms with van der Waals surface area (Å²) in [5.74, 6) is -1.12. The van der Waals surface area contributed by atoms with Crippen molar-refractivity contribution in [2.45, 2.75) is 0 Å². The van der Waals surface area contributed by atoms with E-state index in [4.69, 9.17) is 9.47 Å². The molecular formula is C28H23N5O9S. The molecule has 0 aliphatic carbocycles. The molecule has 0 radical (unpaired) electrons. The minimum Gasteiger partial charge on any atom is -0.450 e. The molecule has 15 heteroatoms. The Hall–Kier alpha value is -5.28. The van der Waals surface area contributed by atoms with Gasteiger partial charge < -0.3 is 19.7 Å². The zero-order valence-corrected chi connectivity index (χ0v) is 23.2. The maximum Gasteiger partial charge on any atom is 0.318 e. The molecule has 3 amide bonds. The number of imide groups is 1. The number of para-hydroxylation sites is 2. The largest absolute Gasteiger partial charge is 0.450 e. The molecule has 2 fully saturated rings. The number of amides is 3. The second-order valence-corrected chi connectivity index (χ2v) is 10.3. The van der Waals surface area contributed by atoms with Crippen LogP contribution in [0.25, 0.3) is 6.08 Å². The third kappa shape index (κ3) is 6.79. The Balaban J connectivity index is 1.23. The van der Waals surface area contributed by atoms with Crippen LogP contribution in [-0.2, 0) is 14.3 Å². The van der Waals surface area contributed by atoms with Gasteiger partial charge in [0.05, 0.1) is 45.4 Å². The maximum absolute atomic E-state index is 13.0. The highest BCUT2D eigenvalue weighted by atomic mass is 32.2. The van der Waals surface area contributed by atoms with Crippen molar-refractivity contribution in [3.05, 3.63) is 97.4 Å². The normalized spacial score (nSPS) is 16.0. The summed E-state index contributed by atoms with van der Waals surface area (Å²) in [6.07, 6.45) is 1.48. The Morgan fingerprint density at radius 1 is 1.00 bits per heavy atom. The van der Waals surface area contributed by atoms with E-state index < -0.39 is 44.8 Å². The van der Waals surface area contributed by atoms with Crippen LogP contribution >= 0.6 is 11.8 Å². The highest BCUT2D eigenvalue weighted by Gasteiger charge is 2.36. The molecule has 3 aromatic rings. The van der Waals surface area contributed by atoms with E-state index >= 15 is 0 Å². The number of thioether (sulfide) groups is 1. The van der Waals surface area contributed by atoms with Crippen LogP contribution in [0.3, 0.4) is 0 Å². The number of nitro benzene ring substituents is 2. The fourth-order valence-corrected chi connectivity index (χ4v) is 5.23. The molecule has 14 nitrogen and oxygen atoms in total. The number of carbonyl (C=O) groups excluding carboxylic acids is 3. The zero-order chi connectivity index (χ0) is 30.5. The molecule has 2 aliphatic rings. The molecule has 0 bridgehead atoms. The molecular weight excluding hydrogens is 582 g/mol. The van der Waals surface area contributed by atoms with Crippen LogP contribution in [0.15, 0.2) is 71.6 Å². The quantitative estimate of drug-likeness (QED) is 0.201. The van der Waals surface area contributed by atoms with E-state index in [0.29, 0.717) is 49.3 Å². The predicted molar refractivity (Wildman–Crippen MR) is 157 cm³/mol. The van der Waals surface area contributed by atoms with Crippen LogP contribution in [0.1, 0.15) is 5.56 Å². The van der Waals surface area contributed by atoms with Gasteiger partial charge in [0.2, 0.25) is 11.7 Å². The van der Waals surface area contributed by atoms with E-state index in [9.17, 15) is 34.6 Å². The number of hydrogen-bond donors (Lipinski definition) is 1. The van der Waals surface area contributed by atoms with Crippen molar-refractivity contribution in [1.29, 1.82) is 0 Å². The summed E-state index contributed by atoms with van der Waals surface area (Å²) in [6, 6.07) is 16.4. The summed E-state index contributed by atoms with van der Waals surface area (Å²) >= 11 is 0.702. The number of non-ortho nitro benzene ring substituents is 1. The van der Waals surface area contributed by atoms with Crippen molar-refractivity contribution in [3.63, 3.8) is 0 Å². The zero-order valence-electron chi connectivity index (χ0n) is 22.3. The molecule has 43 heavy (non-hydrogen) atoms. The number of nitrogens with one attached hydrogen (secondary N) is 1. The number of morpholine rings is 1. The highest BCUT2D eigenvalue weighted by molar-refractivity contribution is 8.18. The molecule has 1 N–H and O–H groups in total. The molecule has 0 unspecified atom stereocenters. The highest BCUT2D eigenvalue weighted by Crippen LogP contribution is 2.36. The van der Waals surface area contributed by atoms with Crippen LogP contribution in [0.5, 0.6) is 11.5 Å². The third-order valence-corrected chi connectivity index (χ3v) is 7.37. The number of nitrogens with zero attached hydrogens (tertiary/aromatic N) is 4. The topological polar surface area (TPSA) is 174 Å². The molecule has 0 spiro atoms. The first kappa shape index (κ1) is 29.2. The Morgan fingerprint density at radius 3 is 2.42 bits per heavy atom. The van der Waals surface area contributed by atoms with Crippen molar-refractivity contribution in [3.8, 4) is 11.5 Å². The molecule has 5 rings (SSSR count). The van der Waals surface area contributed by atoms with Crippen LogP contribution in [0.4, 0.5) is 27.5 Å². The molecule has 0 saturated carbocycles. The van der Waals surface area contributed by atoms with Gasteiger partial charge in [-0.2, -0.15) is 0 Å². The van der Waals surface area contributed by atoms with Crippen LogP contribution in [0, 0.1) is 20.2 Å². The van der Waals surface area contributed by atoms with Gasteiger partial charge in [-0.1, -0.05) is 24.3 Å². The van der Waals surface area contributed by atoms with Crippen molar-refractivity contribution in [2.75, 3.05) is 43.1 Å². The van der Waals surface area contributed by atoms with Gasteiger partial charge in [0, 0.05) is 19.2 Å². The van der Waals surface area contributed by atoms with Gasteiger partial charge in [0.15, 0.2) is 0 Å². The van der Waals surface area contributed by atoms with Crippen LogP contribution in [-0.4, -0.2) is 64.6 Å². The summed E-state index contributed by atoms with van der Waals surface area (Å²) in [6.45, 7) is 2.03. The first-order valence-corrected chi connectivity index (χ1v) is 13.7. The van der Waals surface area contributed by atoms with E-state index in [1.165, 1.54) is 18.2 Å². The van der Waals surface area contributed by atoms with Crippen molar-refractivity contribution in [1.82, 2.24) is 4.90 Å². The van der Waals surface area contributed by atoms with Gasteiger partial charge in [-0.05, 0) is 53.7 Å². The van der Waals surface area contributed by atoms with Crippen molar-refractivity contribution < 1.29 is 33.7 Å². The molecule has 2 saturated heterocycles. The van der Waals surface area contributed by atoms with Gasteiger partial charge in [-0.3, -0.25) is 39.5 Å². The van der Waals surface area contributed by atoms with Gasteiger partial charge in [0.1, 0.15) is 12.3 Å². The molecule has 2 heterocycles. The average molecular weight is 606 g/mol. The predicted octanol–water partition coefficient (Wildman–Crippen LogP) is 4.81. The smallest absolute Gasteiger partial charge is 0.318 e. The lowest BCUT2D eigenvalue weighted by Gasteiger charge is -2.30. The van der Waals surface area contributed by atoms with Gasteiger partial charge in [-0.15, -0.1) is 0 Å².